The number of methoxy groups -OCH3 is 1. The smallest absolute Gasteiger partial charge is 0.408 e. The Kier molecular flexibility index (Phi) is 5.18. The molecule has 2 saturated heterocycles. The highest BCUT2D eigenvalue weighted by Gasteiger charge is 2.51. The molecule has 10 nitrogen and oxygen atoms in total. The van der Waals surface area contributed by atoms with E-state index in [4.69, 9.17) is 10.8 Å². The quantitative estimate of drug-likeness (QED) is 0.384. The van der Waals surface area contributed by atoms with E-state index in [9.17, 15) is 22.0 Å². The molecule has 0 spiro atoms. The number of hydrogen-bond acceptors (Lipinski definition) is 8. The Hall–Kier alpha value is -3.59. The summed E-state index contributed by atoms with van der Waals surface area (Å²) in [5.74, 6) is -3.19. The molecular formula is C22H21F5N8O2. The van der Waals surface area contributed by atoms with Crippen LogP contribution >= 0.6 is 0 Å². The van der Waals surface area contributed by atoms with Crippen LogP contribution in [0.4, 0.5) is 27.9 Å². The summed E-state index contributed by atoms with van der Waals surface area (Å²) in [7, 11) is 1.33. The molecule has 0 bridgehead atoms. The molecule has 6 rings (SSSR count). The van der Waals surface area contributed by atoms with Gasteiger partial charge in [-0.25, -0.2) is 18.0 Å². The summed E-state index contributed by atoms with van der Waals surface area (Å²) in [6, 6.07) is 4.72. The van der Waals surface area contributed by atoms with Crippen molar-refractivity contribution in [1.29, 1.82) is 0 Å². The first kappa shape index (κ1) is 22.6. The molecule has 1 N–H and O–H groups in total. The van der Waals surface area contributed by atoms with Crippen molar-refractivity contribution in [2.45, 2.75) is 30.7 Å². The fourth-order valence-corrected chi connectivity index (χ4v) is 4.60. The van der Waals surface area contributed by atoms with Gasteiger partial charge in [0.25, 0.3) is 5.92 Å². The normalized spacial score (nSPS) is 20.9. The number of benzene rings is 1. The van der Waals surface area contributed by atoms with Gasteiger partial charge in [0.2, 0.25) is 11.8 Å². The Morgan fingerprint density at radius 3 is 2.78 bits per heavy atom. The molecule has 37 heavy (non-hydrogen) atoms. The fraction of sp³-hybridized carbons (Fsp3) is 0.455. The molecule has 3 aromatic heterocycles. The Morgan fingerprint density at radius 1 is 1.27 bits per heavy atom. The molecule has 15 heteroatoms. The monoisotopic (exact) mass is 525 g/mol. The lowest BCUT2D eigenvalue weighted by atomic mass is 10.1. The Labute approximate surface area is 207 Å². The minimum absolute atomic E-state index is 0.00332. The molecule has 1 atom stereocenters. The topological polar surface area (TPSA) is 94.6 Å². The zero-order chi connectivity index (χ0) is 26.8. The molecule has 0 saturated carbocycles. The number of likely N-dealkylation sites (tertiary alicyclic amines) is 1. The number of hydrogen-bond donors (Lipinski definition) is 1. The molecule has 0 radical (unpaired) electrons. The lowest BCUT2D eigenvalue weighted by Crippen LogP contribution is -2.48. The number of nitrogens with zero attached hydrogens (tertiary/aromatic N) is 7. The van der Waals surface area contributed by atoms with Gasteiger partial charge in [0.1, 0.15) is 23.6 Å². The third-order valence-electron chi connectivity index (χ3n) is 6.53. The first-order valence-corrected chi connectivity index (χ1v) is 11.3. The summed E-state index contributed by atoms with van der Waals surface area (Å²) in [5.41, 5.74) is 1.52. The number of alkyl halides is 5. The molecule has 0 aliphatic carbocycles. The van der Waals surface area contributed by atoms with Gasteiger partial charge in [-0.2, -0.15) is 18.2 Å². The predicted molar refractivity (Wildman–Crippen MR) is 121 cm³/mol. The number of anilines is 1. The first-order chi connectivity index (χ1) is 18.0. The van der Waals surface area contributed by atoms with E-state index in [-0.39, 0.29) is 47.1 Å². The van der Waals surface area contributed by atoms with Crippen molar-refractivity contribution in [3.8, 4) is 17.0 Å². The van der Waals surface area contributed by atoms with Gasteiger partial charge in [0.05, 0.1) is 39.8 Å². The van der Waals surface area contributed by atoms with Crippen molar-refractivity contribution in [1.82, 2.24) is 34.5 Å². The summed E-state index contributed by atoms with van der Waals surface area (Å²) in [6.45, 7) is -0.850. The van der Waals surface area contributed by atoms with Crippen molar-refractivity contribution < 1.29 is 32.8 Å². The zero-order valence-corrected chi connectivity index (χ0v) is 19.3. The third-order valence-corrected chi connectivity index (χ3v) is 6.53. The summed E-state index contributed by atoms with van der Waals surface area (Å²) < 4.78 is 89.3. The highest BCUT2D eigenvalue weighted by atomic mass is 19.4. The second kappa shape index (κ2) is 8.48. The molecule has 0 amide bonds. The maximum atomic E-state index is 14.7. The SMILES string of the molecule is [2H]c1cc(-c2ccc3nnn(CC(F)(F)F)c3c2)c2c(OC)nc(N[C@@H]3CN(C4COC4)CC3(F)F)nn12. The number of nitrogens with one attached hydrogen (secondary N) is 1. The number of rotatable bonds is 6. The highest BCUT2D eigenvalue weighted by Crippen LogP contribution is 2.35. The van der Waals surface area contributed by atoms with Gasteiger partial charge >= 0.3 is 6.18 Å². The van der Waals surface area contributed by atoms with E-state index in [0.717, 1.165) is 4.68 Å². The minimum atomic E-state index is -4.49. The Morgan fingerprint density at radius 2 is 2.08 bits per heavy atom. The second-order valence-corrected chi connectivity index (χ2v) is 9.04. The van der Waals surface area contributed by atoms with E-state index in [1.807, 2.05) is 0 Å². The van der Waals surface area contributed by atoms with Crippen LogP contribution in [-0.4, -0.2) is 92.1 Å². The lowest BCUT2D eigenvalue weighted by Gasteiger charge is -2.34. The molecule has 2 aliphatic heterocycles. The highest BCUT2D eigenvalue weighted by molar-refractivity contribution is 5.89. The van der Waals surface area contributed by atoms with Crippen LogP contribution in [0.1, 0.15) is 1.37 Å². The van der Waals surface area contributed by atoms with Gasteiger partial charge < -0.3 is 14.8 Å². The number of ether oxygens (including phenoxy) is 2. The van der Waals surface area contributed by atoms with E-state index in [1.165, 1.54) is 29.8 Å². The average Bonchev–Trinajstić information content (AvgIpc) is 3.44. The summed E-state index contributed by atoms with van der Waals surface area (Å²) >= 11 is 0. The summed E-state index contributed by atoms with van der Waals surface area (Å²) in [5, 5.41) is 14.3. The number of aromatic nitrogens is 6. The van der Waals surface area contributed by atoms with Gasteiger partial charge in [0.15, 0.2) is 0 Å². The third kappa shape index (κ3) is 4.31. The van der Waals surface area contributed by atoms with E-state index >= 15 is 0 Å². The van der Waals surface area contributed by atoms with Crippen molar-refractivity contribution in [2.24, 2.45) is 0 Å². The van der Waals surface area contributed by atoms with Gasteiger partial charge in [-0.05, 0) is 23.8 Å². The van der Waals surface area contributed by atoms with Crippen LogP contribution in [0.3, 0.4) is 0 Å². The van der Waals surface area contributed by atoms with Crippen LogP contribution < -0.4 is 10.1 Å². The van der Waals surface area contributed by atoms with Gasteiger partial charge in [-0.1, -0.05) is 11.3 Å². The maximum absolute atomic E-state index is 14.7. The average molecular weight is 525 g/mol. The standard InChI is InChI=1S/C22H21F5N8O2/c1-36-19-18-14(12-2-3-15-16(6-12)35(32-30-15)11-22(25,26)27)4-5-34(18)31-20(29-19)28-17-7-33(10-21(17,23)24)13-8-37-9-13/h2-6,13,17H,7-11H2,1H3,(H,28,31)/t17-/m1/s1/i5D. The molecular weight excluding hydrogens is 503 g/mol. The van der Waals surface area contributed by atoms with E-state index in [2.05, 4.69) is 25.7 Å². The summed E-state index contributed by atoms with van der Waals surface area (Å²) in [4.78, 5) is 5.93. The van der Waals surface area contributed by atoms with E-state index in [1.54, 1.807) is 11.0 Å². The van der Waals surface area contributed by atoms with Crippen LogP contribution in [0.25, 0.3) is 27.7 Å². The lowest BCUT2D eigenvalue weighted by molar-refractivity contribution is -0.142. The minimum Gasteiger partial charge on any atom is -0.479 e. The molecule has 4 aromatic rings. The molecule has 196 valence electrons. The van der Waals surface area contributed by atoms with Crippen LogP contribution in [0, 0.1) is 0 Å². The molecule has 2 fully saturated rings. The first-order valence-electron chi connectivity index (χ1n) is 11.8. The van der Waals surface area contributed by atoms with Crippen molar-refractivity contribution >= 4 is 22.5 Å². The number of halogens is 5. The fourth-order valence-electron chi connectivity index (χ4n) is 4.60. The molecule has 5 heterocycles. The Bertz CT molecular complexity index is 1520. The van der Waals surface area contributed by atoms with Crippen LogP contribution in [0.15, 0.2) is 30.4 Å². The Balaban J connectivity index is 1.36. The van der Waals surface area contributed by atoms with Crippen LogP contribution in [0.5, 0.6) is 5.88 Å². The van der Waals surface area contributed by atoms with E-state index < -0.39 is 31.2 Å². The van der Waals surface area contributed by atoms with Crippen LogP contribution in [0.2, 0.25) is 0 Å². The van der Waals surface area contributed by atoms with Gasteiger partial charge in [-0.3, -0.25) is 4.90 Å². The summed E-state index contributed by atoms with van der Waals surface area (Å²) in [6.07, 6.45) is -4.60. The van der Waals surface area contributed by atoms with Gasteiger partial charge in [-0.15, -0.1) is 10.2 Å². The molecule has 1 aromatic carbocycles. The van der Waals surface area contributed by atoms with Crippen molar-refractivity contribution in [2.75, 3.05) is 38.7 Å². The maximum Gasteiger partial charge on any atom is 0.408 e. The predicted octanol–water partition coefficient (Wildman–Crippen LogP) is 2.84. The van der Waals surface area contributed by atoms with E-state index in [0.29, 0.717) is 24.3 Å². The van der Waals surface area contributed by atoms with Crippen molar-refractivity contribution in [3.63, 3.8) is 0 Å². The van der Waals surface area contributed by atoms with Gasteiger partial charge in [0, 0.05) is 18.3 Å². The largest absolute Gasteiger partial charge is 0.479 e. The molecule has 2 aliphatic rings. The zero-order valence-electron chi connectivity index (χ0n) is 20.3. The second-order valence-electron chi connectivity index (χ2n) is 9.04. The molecule has 0 unspecified atom stereocenters. The number of fused-ring (bicyclic) bond motifs is 2. The van der Waals surface area contributed by atoms with Crippen molar-refractivity contribution in [3.05, 3.63) is 30.4 Å². The van der Waals surface area contributed by atoms with Crippen LogP contribution in [-0.2, 0) is 11.3 Å².